The number of ether oxygens (including phenoxy) is 1. The number of methoxy groups -OCH3 is 1. The van der Waals surface area contributed by atoms with Crippen LogP contribution in [0.25, 0.3) is 0 Å². The van der Waals surface area contributed by atoms with Gasteiger partial charge in [-0.05, 0) is 18.3 Å². The van der Waals surface area contributed by atoms with Gasteiger partial charge in [-0.2, -0.15) is 0 Å². The number of nitrogens with one attached hydrogen (secondary N) is 1. The molecule has 24 heavy (non-hydrogen) atoms. The van der Waals surface area contributed by atoms with E-state index in [-0.39, 0.29) is 5.78 Å². The summed E-state index contributed by atoms with van der Waals surface area (Å²) in [4.78, 5) is 34.9. The molecule has 0 radical (unpaired) electrons. The zero-order valence-electron chi connectivity index (χ0n) is 15.3. The third-order valence-electron chi connectivity index (χ3n) is 4.11. The minimum absolute atomic E-state index is 0.267. The number of carbonyl (C=O) groups excluding carboxylic acids is 2. The SMILES string of the molecule is C=CCON/C(CCC)=C1\C(=O)C(C(=O)OC)C(C)(C)CC1=NC. The molecule has 1 N–H and O–H groups in total. The van der Waals surface area contributed by atoms with Crippen LogP contribution < -0.4 is 5.48 Å². The number of nitrogens with zero attached hydrogens (tertiary/aromatic N) is 1. The van der Waals surface area contributed by atoms with Crippen LogP contribution in [-0.2, 0) is 19.2 Å². The van der Waals surface area contributed by atoms with Crippen molar-refractivity contribution in [3.8, 4) is 0 Å². The van der Waals surface area contributed by atoms with Crippen molar-refractivity contribution >= 4 is 17.5 Å². The first kappa shape index (κ1) is 20.1. The molecule has 0 aromatic rings. The maximum atomic E-state index is 13.1. The van der Waals surface area contributed by atoms with Crippen LogP contribution in [0.1, 0.15) is 40.0 Å². The average molecular weight is 336 g/mol. The number of hydroxylamine groups is 1. The zero-order chi connectivity index (χ0) is 18.3. The molecule has 0 heterocycles. The molecule has 0 saturated heterocycles. The van der Waals surface area contributed by atoms with Crippen LogP contribution in [0.5, 0.6) is 0 Å². The van der Waals surface area contributed by atoms with E-state index in [1.165, 1.54) is 7.11 Å². The van der Waals surface area contributed by atoms with Crippen LogP contribution in [0.15, 0.2) is 28.9 Å². The highest BCUT2D eigenvalue weighted by molar-refractivity contribution is 6.29. The summed E-state index contributed by atoms with van der Waals surface area (Å²) in [7, 11) is 2.96. The maximum Gasteiger partial charge on any atom is 0.317 e. The van der Waals surface area contributed by atoms with Crippen molar-refractivity contribution in [2.24, 2.45) is 16.3 Å². The predicted molar refractivity (Wildman–Crippen MR) is 93.5 cm³/mol. The molecule has 0 bridgehead atoms. The molecule has 0 aliphatic heterocycles. The summed E-state index contributed by atoms with van der Waals surface area (Å²) in [5.41, 5.74) is 4.07. The van der Waals surface area contributed by atoms with Crippen molar-refractivity contribution in [2.45, 2.75) is 40.0 Å². The van der Waals surface area contributed by atoms with Gasteiger partial charge >= 0.3 is 5.97 Å². The molecule has 1 unspecified atom stereocenters. The summed E-state index contributed by atoms with van der Waals surface area (Å²) in [6.45, 7) is 9.68. The number of allylic oxidation sites excluding steroid dienone is 2. The molecule has 1 aliphatic carbocycles. The zero-order valence-corrected chi connectivity index (χ0v) is 15.3. The molecular weight excluding hydrogens is 308 g/mol. The van der Waals surface area contributed by atoms with Crippen molar-refractivity contribution in [1.29, 1.82) is 0 Å². The number of rotatable bonds is 7. The lowest BCUT2D eigenvalue weighted by molar-refractivity contribution is -0.153. The lowest BCUT2D eigenvalue weighted by Crippen LogP contribution is -2.47. The Labute approximate surface area is 144 Å². The smallest absolute Gasteiger partial charge is 0.317 e. The summed E-state index contributed by atoms with van der Waals surface area (Å²) >= 11 is 0. The van der Waals surface area contributed by atoms with E-state index in [4.69, 9.17) is 9.57 Å². The highest BCUT2D eigenvalue weighted by Crippen LogP contribution is 2.41. The van der Waals surface area contributed by atoms with Gasteiger partial charge in [-0.3, -0.25) is 24.9 Å². The Morgan fingerprint density at radius 3 is 2.67 bits per heavy atom. The molecule has 0 aromatic carbocycles. The molecule has 1 rings (SSSR count). The summed E-state index contributed by atoms with van der Waals surface area (Å²) in [5, 5.41) is 0. The van der Waals surface area contributed by atoms with Crippen molar-refractivity contribution < 1.29 is 19.2 Å². The second kappa shape index (κ2) is 8.78. The summed E-state index contributed by atoms with van der Waals surface area (Å²) < 4.78 is 4.86. The first-order valence-electron chi connectivity index (χ1n) is 8.13. The topological polar surface area (TPSA) is 77.0 Å². The quantitative estimate of drug-likeness (QED) is 0.193. The number of ketones is 1. The Hall–Kier alpha value is -1.95. The van der Waals surface area contributed by atoms with Crippen LogP contribution in [0.4, 0.5) is 0 Å². The van der Waals surface area contributed by atoms with Crippen molar-refractivity contribution in [3.63, 3.8) is 0 Å². The lowest BCUT2D eigenvalue weighted by Gasteiger charge is -2.38. The van der Waals surface area contributed by atoms with Crippen molar-refractivity contribution in [2.75, 3.05) is 20.8 Å². The van der Waals surface area contributed by atoms with Gasteiger partial charge in [0.25, 0.3) is 0 Å². The third kappa shape index (κ3) is 4.32. The van der Waals surface area contributed by atoms with Gasteiger partial charge in [0.05, 0.1) is 25.0 Å². The van der Waals surface area contributed by atoms with Gasteiger partial charge in [0.1, 0.15) is 5.92 Å². The highest BCUT2D eigenvalue weighted by atomic mass is 16.6. The number of carbonyl (C=O) groups is 2. The van der Waals surface area contributed by atoms with E-state index in [1.54, 1.807) is 13.1 Å². The van der Waals surface area contributed by atoms with Crippen LogP contribution in [0, 0.1) is 11.3 Å². The number of aliphatic imine (C=N–C) groups is 1. The minimum atomic E-state index is -0.851. The molecule has 134 valence electrons. The monoisotopic (exact) mass is 336 g/mol. The summed E-state index contributed by atoms with van der Waals surface area (Å²) in [6, 6.07) is 0. The molecule has 0 aromatic heterocycles. The molecule has 1 atom stereocenters. The van der Waals surface area contributed by atoms with Crippen LogP contribution in [0.3, 0.4) is 0 Å². The molecule has 0 spiro atoms. The number of hydrogen-bond donors (Lipinski definition) is 1. The Kier molecular flexibility index (Phi) is 7.35. The fraction of sp³-hybridized carbons (Fsp3) is 0.611. The summed E-state index contributed by atoms with van der Waals surface area (Å²) in [6.07, 6.45) is 3.56. The highest BCUT2D eigenvalue weighted by Gasteiger charge is 2.49. The third-order valence-corrected chi connectivity index (χ3v) is 4.11. The number of esters is 1. The van der Waals surface area contributed by atoms with Gasteiger partial charge < -0.3 is 4.74 Å². The average Bonchev–Trinajstić information content (AvgIpc) is 2.53. The van der Waals surface area contributed by atoms with E-state index in [0.717, 1.165) is 6.42 Å². The first-order valence-corrected chi connectivity index (χ1v) is 8.13. The largest absolute Gasteiger partial charge is 0.468 e. The fourth-order valence-electron chi connectivity index (χ4n) is 2.99. The van der Waals surface area contributed by atoms with E-state index in [9.17, 15) is 9.59 Å². The Morgan fingerprint density at radius 2 is 2.17 bits per heavy atom. The number of hydrogen-bond acceptors (Lipinski definition) is 6. The molecule has 1 aliphatic rings. The van der Waals surface area contributed by atoms with Gasteiger partial charge in [-0.1, -0.05) is 33.3 Å². The fourth-order valence-corrected chi connectivity index (χ4v) is 2.99. The molecule has 0 amide bonds. The van der Waals surface area contributed by atoms with Gasteiger partial charge in [0.2, 0.25) is 0 Å². The molecule has 6 nitrogen and oxygen atoms in total. The van der Waals surface area contributed by atoms with Gasteiger partial charge in [0, 0.05) is 12.8 Å². The second-order valence-electron chi connectivity index (χ2n) is 6.46. The van der Waals surface area contributed by atoms with Crippen LogP contribution in [-0.4, -0.2) is 38.2 Å². The first-order chi connectivity index (χ1) is 11.3. The van der Waals surface area contributed by atoms with E-state index in [1.807, 2.05) is 20.8 Å². The van der Waals surface area contributed by atoms with Crippen LogP contribution in [0.2, 0.25) is 0 Å². The summed E-state index contributed by atoms with van der Waals surface area (Å²) in [5.74, 6) is -1.63. The van der Waals surface area contributed by atoms with E-state index in [0.29, 0.717) is 36.4 Å². The van der Waals surface area contributed by atoms with E-state index in [2.05, 4.69) is 17.1 Å². The number of Topliss-reactive ketones (excluding diaryl/α,β-unsaturated/α-hetero) is 1. The Bertz CT molecular complexity index is 561. The minimum Gasteiger partial charge on any atom is -0.468 e. The molecule has 1 fully saturated rings. The van der Waals surface area contributed by atoms with Crippen molar-refractivity contribution in [1.82, 2.24) is 5.48 Å². The van der Waals surface area contributed by atoms with Gasteiger partial charge in [-0.15, -0.1) is 6.58 Å². The van der Waals surface area contributed by atoms with E-state index < -0.39 is 17.3 Å². The maximum absolute atomic E-state index is 13.1. The van der Waals surface area contributed by atoms with Crippen LogP contribution >= 0.6 is 0 Å². The Balaban J connectivity index is 3.38. The van der Waals surface area contributed by atoms with Gasteiger partial charge in [-0.25, -0.2) is 0 Å². The molecular formula is C18H28N2O4. The molecule has 1 saturated carbocycles. The lowest BCUT2D eigenvalue weighted by atomic mass is 9.65. The second-order valence-corrected chi connectivity index (χ2v) is 6.46. The Morgan fingerprint density at radius 1 is 1.50 bits per heavy atom. The van der Waals surface area contributed by atoms with Gasteiger partial charge in [0.15, 0.2) is 5.78 Å². The standard InChI is InChI=1S/C18H28N2O4/c1-7-9-12(20-24-10-8-2)14-13(19-5)11-18(3,4)15(16(14)21)17(22)23-6/h8,15,20H,2,7,9-11H2,1,3-6H3/b14-12-,19-13?. The predicted octanol–water partition coefficient (Wildman–Crippen LogP) is 2.61. The molecule has 6 heteroatoms. The van der Waals surface area contributed by atoms with E-state index >= 15 is 0 Å². The normalized spacial score (nSPS) is 23.8. The van der Waals surface area contributed by atoms with Crippen molar-refractivity contribution in [3.05, 3.63) is 23.9 Å².